The van der Waals surface area contributed by atoms with Crippen LogP contribution < -0.4 is 0 Å². The number of nitrogens with zero attached hydrogens (tertiary/aromatic N) is 1. The van der Waals surface area contributed by atoms with Crippen molar-refractivity contribution in [2.45, 2.75) is 6.54 Å². The van der Waals surface area contributed by atoms with E-state index in [1.807, 2.05) is 6.07 Å². The standard InChI is InChI=1S/C12H14ClNO4S/c1-2-5-14(6-9-3-4-10(13)19-9)11(15)7-18-8-12(16)17/h2-4H,1,5-8H2,(H,16,17). The summed E-state index contributed by atoms with van der Waals surface area (Å²) < 4.78 is 5.44. The SMILES string of the molecule is C=CCN(Cc1ccc(Cl)s1)C(=O)COCC(=O)O. The van der Waals surface area contributed by atoms with Crippen molar-refractivity contribution >= 4 is 34.8 Å². The highest BCUT2D eigenvalue weighted by molar-refractivity contribution is 7.16. The zero-order chi connectivity index (χ0) is 14.3. The van der Waals surface area contributed by atoms with Crippen LogP contribution in [0.4, 0.5) is 0 Å². The van der Waals surface area contributed by atoms with E-state index >= 15 is 0 Å². The minimum Gasteiger partial charge on any atom is -0.480 e. The van der Waals surface area contributed by atoms with Crippen LogP contribution in [0.25, 0.3) is 0 Å². The number of carboxylic acids is 1. The number of hydrogen-bond acceptors (Lipinski definition) is 4. The van der Waals surface area contributed by atoms with Crippen LogP contribution >= 0.6 is 22.9 Å². The number of carbonyl (C=O) groups excluding carboxylic acids is 1. The lowest BCUT2D eigenvalue weighted by atomic mass is 10.4. The lowest BCUT2D eigenvalue weighted by molar-refractivity contribution is -0.145. The molecule has 5 nitrogen and oxygen atoms in total. The molecule has 0 radical (unpaired) electrons. The summed E-state index contributed by atoms with van der Waals surface area (Å²) in [5, 5.41) is 8.43. The second kappa shape index (κ2) is 7.93. The Morgan fingerprint density at radius 1 is 1.47 bits per heavy atom. The van der Waals surface area contributed by atoms with E-state index in [0.29, 0.717) is 17.4 Å². The molecule has 1 heterocycles. The zero-order valence-electron chi connectivity index (χ0n) is 10.2. The zero-order valence-corrected chi connectivity index (χ0v) is 11.7. The molecule has 0 aliphatic heterocycles. The van der Waals surface area contributed by atoms with Crippen molar-refractivity contribution in [1.29, 1.82) is 0 Å². The molecular weight excluding hydrogens is 290 g/mol. The Labute approximate surface area is 120 Å². The van der Waals surface area contributed by atoms with E-state index in [9.17, 15) is 9.59 Å². The molecule has 1 aromatic rings. The molecule has 0 aliphatic carbocycles. The number of carboxylic acid groups (broad SMARTS) is 1. The van der Waals surface area contributed by atoms with Gasteiger partial charge in [0.05, 0.1) is 10.9 Å². The van der Waals surface area contributed by atoms with Gasteiger partial charge in [-0.25, -0.2) is 4.79 Å². The van der Waals surface area contributed by atoms with Gasteiger partial charge in [-0.2, -0.15) is 0 Å². The van der Waals surface area contributed by atoms with Crippen LogP contribution in [-0.4, -0.2) is 41.6 Å². The van der Waals surface area contributed by atoms with Crippen molar-refractivity contribution in [3.63, 3.8) is 0 Å². The monoisotopic (exact) mass is 303 g/mol. The minimum atomic E-state index is -1.10. The van der Waals surface area contributed by atoms with Gasteiger partial charge in [0.1, 0.15) is 13.2 Å². The molecular formula is C12H14ClNO4S. The Balaban J connectivity index is 2.53. The average molecular weight is 304 g/mol. The molecule has 7 heteroatoms. The Bertz CT molecular complexity index is 460. The van der Waals surface area contributed by atoms with Gasteiger partial charge >= 0.3 is 5.97 Å². The van der Waals surface area contributed by atoms with Gasteiger partial charge < -0.3 is 14.7 Å². The first-order valence-electron chi connectivity index (χ1n) is 5.45. The first-order valence-corrected chi connectivity index (χ1v) is 6.64. The Morgan fingerprint density at radius 2 is 2.21 bits per heavy atom. The smallest absolute Gasteiger partial charge is 0.329 e. The second-order valence-corrected chi connectivity index (χ2v) is 5.45. The Morgan fingerprint density at radius 3 is 2.74 bits per heavy atom. The van der Waals surface area contributed by atoms with Gasteiger partial charge in [-0.3, -0.25) is 4.79 Å². The van der Waals surface area contributed by atoms with E-state index in [1.54, 1.807) is 12.1 Å². The summed E-state index contributed by atoms with van der Waals surface area (Å²) >= 11 is 7.21. The fourth-order valence-corrected chi connectivity index (χ4v) is 2.46. The normalized spacial score (nSPS) is 10.2. The maximum atomic E-state index is 11.9. The Hall–Kier alpha value is -1.37. The number of aliphatic carboxylic acids is 1. The summed E-state index contributed by atoms with van der Waals surface area (Å²) in [7, 11) is 0. The number of ether oxygens (including phenoxy) is 1. The van der Waals surface area contributed by atoms with Crippen LogP contribution in [0.2, 0.25) is 4.34 Å². The van der Waals surface area contributed by atoms with Crippen molar-refractivity contribution in [3.05, 3.63) is 34.0 Å². The first kappa shape index (κ1) is 15.7. The van der Waals surface area contributed by atoms with Crippen molar-refractivity contribution in [2.75, 3.05) is 19.8 Å². The molecule has 19 heavy (non-hydrogen) atoms. The number of rotatable bonds is 8. The number of thiophene rings is 1. The third-order valence-corrected chi connectivity index (χ3v) is 3.34. The topological polar surface area (TPSA) is 66.8 Å². The fraction of sp³-hybridized carbons (Fsp3) is 0.333. The summed E-state index contributed by atoms with van der Waals surface area (Å²) in [6.45, 7) is 3.60. The second-order valence-electron chi connectivity index (χ2n) is 3.66. The predicted octanol–water partition coefficient (Wildman–Crippen LogP) is 2.02. The van der Waals surface area contributed by atoms with Crippen LogP contribution in [0.15, 0.2) is 24.8 Å². The maximum absolute atomic E-state index is 11.9. The summed E-state index contributed by atoms with van der Waals surface area (Å²) in [6.07, 6.45) is 1.60. The minimum absolute atomic E-state index is 0.265. The quantitative estimate of drug-likeness (QED) is 0.746. The van der Waals surface area contributed by atoms with E-state index in [2.05, 4.69) is 6.58 Å². The third kappa shape index (κ3) is 5.87. The van der Waals surface area contributed by atoms with Crippen molar-refractivity contribution < 1.29 is 19.4 Å². The predicted molar refractivity (Wildman–Crippen MR) is 73.4 cm³/mol. The molecule has 0 atom stereocenters. The molecule has 1 rings (SSSR count). The van der Waals surface area contributed by atoms with E-state index in [4.69, 9.17) is 21.4 Å². The van der Waals surface area contributed by atoms with Crippen molar-refractivity contribution in [3.8, 4) is 0 Å². The van der Waals surface area contributed by atoms with Crippen molar-refractivity contribution in [2.24, 2.45) is 0 Å². The lowest BCUT2D eigenvalue weighted by Crippen LogP contribution is -2.34. The van der Waals surface area contributed by atoms with Gasteiger partial charge in [0, 0.05) is 11.4 Å². The first-order chi connectivity index (χ1) is 9.02. The molecule has 0 saturated carbocycles. The molecule has 0 unspecified atom stereocenters. The highest BCUT2D eigenvalue weighted by atomic mass is 35.5. The molecule has 0 saturated heterocycles. The van der Waals surface area contributed by atoms with E-state index in [1.165, 1.54) is 16.2 Å². The van der Waals surface area contributed by atoms with Crippen LogP contribution in [0, 0.1) is 0 Å². The fourth-order valence-electron chi connectivity index (χ4n) is 1.35. The molecule has 104 valence electrons. The average Bonchev–Trinajstić information content (AvgIpc) is 2.73. The van der Waals surface area contributed by atoms with Gasteiger partial charge in [0.15, 0.2) is 0 Å². The Kier molecular flexibility index (Phi) is 6.55. The molecule has 0 aliphatic rings. The third-order valence-electron chi connectivity index (χ3n) is 2.13. The molecule has 0 fully saturated rings. The van der Waals surface area contributed by atoms with Gasteiger partial charge in [-0.15, -0.1) is 17.9 Å². The summed E-state index contributed by atoms with van der Waals surface area (Å²) in [5.74, 6) is -1.39. The van der Waals surface area contributed by atoms with Crippen LogP contribution in [-0.2, 0) is 20.9 Å². The number of hydrogen-bond donors (Lipinski definition) is 1. The summed E-state index contributed by atoms with van der Waals surface area (Å²) in [5.41, 5.74) is 0. The maximum Gasteiger partial charge on any atom is 0.329 e. The molecule has 0 bridgehead atoms. The van der Waals surface area contributed by atoms with Gasteiger partial charge in [0.2, 0.25) is 5.91 Å². The van der Waals surface area contributed by atoms with E-state index < -0.39 is 12.6 Å². The number of halogens is 1. The largest absolute Gasteiger partial charge is 0.480 e. The van der Waals surface area contributed by atoms with Gasteiger partial charge in [-0.1, -0.05) is 17.7 Å². The van der Waals surface area contributed by atoms with Crippen LogP contribution in [0.3, 0.4) is 0 Å². The molecule has 1 aromatic heterocycles. The van der Waals surface area contributed by atoms with Crippen LogP contribution in [0.1, 0.15) is 4.88 Å². The lowest BCUT2D eigenvalue weighted by Gasteiger charge is -2.20. The highest BCUT2D eigenvalue weighted by Gasteiger charge is 2.14. The van der Waals surface area contributed by atoms with Crippen molar-refractivity contribution in [1.82, 2.24) is 4.90 Å². The number of carbonyl (C=O) groups is 2. The molecule has 0 aromatic carbocycles. The molecule has 1 amide bonds. The summed E-state index contributed by atoms with van der Waals surface area (Å²) in [4.78, 5) is 24.6. The summed E-state index contributed by atoms with van der Waals surface area (Å²) in [6, 6.07) is 3.60. The van der Waals surface area contributed by atoms with E-state index in [0.717, 1.165) is 4.88 Å². The van der Waals surface area contributed by atoms with E-state index in [-0.39, 0.29) is 12.5 Å². The van der Waals surface area contributed by atoms with Gasteiger partial charge in [0.25, 0.3) is 0 Å². The molecule has 0 spiro atoms. The highest BCUT2D eigenvalue weighted by Crippen LogP contribution is 2.22. The van der Waals surface area contributed by atoms with Gasteiger partial charge in [-0.05, 0) is 12.1 Å². The molecule has 1 N–H and O–H groups in total. The van der Waals surface area contributed by atoms with Crippen LogP contribution in [0.5, 0.6) is 0 Å². The number of amides is 1.